The van der Waals surface area contributed by atoms with Gasteiger partial charge in [-0.25, -0.2) is 0 Å². The number of benzene rings is 1. The molecule has 0 atom stereocenters. The Hall–Kier alpha value is -2.76. The smallest absolute Gasteiger partial charge is 0.269 e. The molecule has 6 nitrogen and oxygen atoms in total. The summed E-state index contributed by atoms with van der Waals surface area (Å²) in [5.41, 5.74) is 2.63. The minimum atomic E-state index is -0.142. The molecule has 1 amide bonds. The van der Waals surface area contributed by atoms with Crippen molar-refractivity contribution in [3.63, 3.8) is 0 Å². The van der Waals surface area contributed by atoms with E-state index in [1.807, 2.05) is 44.2 Å². The second-order valence-electron chi connectivity index (χ2n) is 6.75. The first-order chi connectivity index (χ1) is 13.7. The number of carbonyl (C=O) groups excluding carboxylic acids is 1. The zero-order valence-corrected chi connectivity index (χ0v) is 16.7. The summed E-state index contributed by atoms with van der Waals surface area (Å²) < 4.78 is 11.3. The molecule has 1 aliphatic rings. The van der Waals surface area contributed by atoms with Crippen molar-refractivity contribution < 1.29 is 14.3 Å². The Morgan fingerprint density at radius 2 is 1.82 bits per heavy atom. The number of rotatable bonds is 9. The van der Waals surface area contributed by atoms with Crippen LogP contribution >= 0.6 is 0 Å². The standard InChI is InChI=1S/C22H29N3O3/c1-3-27-20-8-7-17(15-21(20)28-4-2)9-11-24-22(26)19-16-18(10-12-23-19)25-13-5-6-14-25/h7-8,10,12,15-16H,3-6,9,11,13-14H2,1-2H3,(H,24,26). The highest BCUT2D eigenvalue weighted by Gasteiger charge is 2.15. The third-order valence-electron chi connectivity index (χ3n) is 4.75. The normalized spacial score (nSPS) is 13.4. The van der Waals surface area contributed by atoms with Crippen molar-refractivity contribution in [3.05, 3.63) is 47.8 Å². The van der Waals surface area contributed by atoms with E-state index in [0.29, 0.717) is 31.9 Å². The Kier molecular flexibility index (Phi) is 7.12. The fourth-order valence-electron chi connectivity index (χ4n) is 3.38. The van der Waals surface area contributed by atoms with E-state index in [1.165, 1.54) is 12.8 Å². The van der Waals surface area contributed by atoms with Crippen LogP contribution in [0.5, 0.6) is 11.5 Å². The molecule has 0 spiro atoms. The molecule has 0 aliphatic carbocycles. The number of hydrogen-bond acceptors (Lipinski definition) is 5. The molecular formula is C22H29N3O3. The number of amides is 1. The zero-order chi connectivity index (χ0) is 19.8. The first-order valence-electron chi connectivity index (χ1n) is 10.1. The average molecular weight is 383 g/mol. The molecule has 1 N–H and O–H groups in total. The number of carbonyl (C=O) groups is 1. The van der Waals surface area contributed by atoms with Gasteiger partial charge in [0.1, 0.15) is 5.69 Å². The summed E-state index contributed by atoms with van der Waals surface area (Å²) in [6.45, 7) is 7.71. The molecule has 2 heterocycles. The van der Waals surface area contributed by atoms with E-state index < -0.39 is 0 Å². The molecule has 28 heavy (non-hydrogen) atoms. The highest BCUT2D eigenvalue weighted by Crippen LogP contribution is 2.28. The monoisotopic (exact) mass is 383 g/mol. The Labute approximate surface area is 166 Å². The van der Waals surface area contributed by atoms with Gasteiger partial charge in [0.05, 0.1) is 13.2 Å². The maximum absolute atomic E-state index is 12.5. The van der Waals surface area contributed by atoms with Crippen LogP contribution in [-0.4, -0.2) is 43.7 Å². The fourth-order valence-corrected chi connectivity index (χ4v) is 3.38. The molecule has 2 aromatic rings. The average Bonchev–Trinajstić information content (AvgIpc) is 3.25. The van der Waals surface area contributed by atoms with Crippen LogP contribution in [0.15, 0.2) is 36.5 Å². The molecule has 1 aliphatic heterocycles. The van der Waals surface area contributed by atoms with Crippen molar-refractivity contribution >= 4 is 11.6 Å². The van der Waals surface area contributed by atoms with Crippen molar-refractivity contribution in [3.8, 4) is 11.5 Å². The molecular weight excluding hydrogens is 354 g/mol. The molecule has 1 fully saturated rings. The van der Waals surface area contributed by atoms with Gasteiger partial charge >= 0.3 is 0 Å². The van der Waals surface area contributed by atoms with Gasteiger partial charge in [-0.1, -0.05) is 6.07 Å². The van der Waals surface area contributed by atoms with Crippen LogP contribution < -0.4 is 19.7 Å². The molecule has 1 saturated heterocycles. The minimum absolute atomic E-state index is 0.142. The van der Waals surface area contributed by atoms with Gasteiger partial charge < -0.3 is 19.7 Å². The third kappa shape index (κ3) is 5.15. The number of anilines is 1. The summed E-state index contributed by atoms with van der Waals surface area (Å²) in [6.07, 6.45) is 4.83. The van der Waals surface area contributed by atoms with Gasteiger partial charge in [0.25, 0.3) is 5.91 Å². The Morgan fingerprint density at radius 3 is 2.57 bits per heavy atom. The lowest BCUT2D eigenvalue weighted by molar-refractivity contribution is 0.0949. The quantitative estimate of drug-likeness (QED) is 0.719. The predicted octanol–water partition coefficient (Wildman–Crippen LogP) is 3.45. The lowest BCUT2D eigenvalue weighted by Gasteiger charge is -2.17. The first-order valence-corrected chi connectivity index (χ1v) is 10.1. The molecule has 1 aromatic heterocycles. The second-order valence-corrected chi connectivity index (χ2v) is 6.75. The van der Waals surface area contributed by atoms with Crippen LogP contribution in [0.1, 0.15) is 42.7 Å². The SMILES string of the molecule is CCOc1ccc(CCNC(=O)c2cc(N3CCCC3)ccn2)cc1OCC. The summed E-state index contributed by atoms with van der Waals surface area (Å²) >= 11 is 0. The van der Waals surface area contributed by atoms with Crippen LogP contribution in [0.3, 0.4) is 0 Å². The Bertz CT molecular complexity index is 788. The van der Waals surface area contributed by atoms with E-state index in [1.54, 1.807) is 6.20 Å². The molecule has 0 saturated carbocycles. The first kappa shape index (κ1) is 20.0. The highest BCUT2D eigenvalue weighted by molar-refractivity contribution is 5.93. The second kappa shape index (κ2) is 9.97. The zero-order valence-electron chi connectivity index (χ0n) is 16.7. The number of pyridine rings is 1. The van der Waals surface area contributed by atoms with Crippen molar-refractivity contribution in [1.82, 2.24) is 10.3 Å². The molecule has 150 valence electrons. The summed E-state index contributed by atoms with van der Waals surface area (Å²) in [6, 6.07) is 9.76. The van der Waals surface area contributed by atoms with Crippen molar-refractivity contribution in [2.45, 2.75) is 33.1 Å². The van der Waals surface area contributed by atoms with Crippen LogP contribution in [-0.2, 0) is 6.42 Å². The van der Waals surface area contributed by atoms with E-state index in [2.05, 4.69) is 15.2 Å². The topological polar surface area (TPSA) is 63.7 Å². The Balaban J connectivity index is 1.56. The molecule has 6 heteroatoms. The Morgan fingerprint density at radius 1 is 1.07 bits per heavy atom. The van der Waals surface area contributed by atoms with Gasteiger partial charge in [-0.3, -0.25) is 9.78 Å². The van der Waals surface area contributed by atoms with Gasteiger partial charge in [0.2, 0.25) is 0 Å². The number of nitrogens with zero attached hydrogens (tertiary/aromatic N) is 2. The van der Waals surface area contributed by atoms with Crippen LogP contribution in [0.2, 0.25) is 0 Å². The van der Waals surface area contributed by atoms with E-state index in [4.69, 9.17) is 9.47 Å². The van der Waals surface area contributed by atoms with Gasteiger partial charge in [-0.15, -0.1) is 0 Å². The summed E-state index contributed by atoms with van der Waals surface area (Å²) in [5.74, 6) is 1.35. The van der Waals surface area contributed by atoms with Crippen molar-refractivity contribution in [2.75, 3.05) is 37.7 Å². The highest BCUT2D eigenvalue weighted by atomic mass is 16.5. The van der Waals surface area contributed by atoms with Crippen LogP contribution in [0, 0.1) is 0 Å². The number of hydrogen-bond donors (Lipinski definition) is 1. The van der Waals surface area contributed by atoms with Crippen LogP contribution in [0.4, 0.5) is 5.69 Å². The molecule has 0 radical (unpaired) electrons. The number of aromatic nitrogens is 1. The summed E-state index contributed by atoms with van der Waals surface area (Å²) in [5, 5.41) is 2.96. The van der Waals surface area contributed by atoms with Gasteiger partial charge in [0.15, 0.2) is 11.5 Å². The largest absolute Gasteiger partial charge is 0.490 e. The summed E-state index contributed by atoms with van der Waals surface area (Å²) in [4.78, 5) is 19.0. The van der Waals surface area contributed by atoms with E-state index >= 15 is 0 Å². The van der Waals surface area contributed by atoms with Gasteiger partial charge in [0, 0.05) is 31.5 Å². The predicted molar refractivity (Wildman–Crippen MR) is 111 cm³/mol. The molecule has 1 aromatic carbocycles. The van der Waals surface area contributed by atoms with E-state index in [0.717, 1.165) is 35.8 Å². The van der Waals surface area contributed by atoms with Gasteiger partial charge in [-0.2, -0.15) is 0 Å². The lowest BCUT2D eigenvalue weighted by atomic mass is 10.1. The van der Waals surface area contributed by atoms with E-state index in [9.17, 15) is 4.79 Å². The maximum atomic E-state index is 12.5. The van der Waals surface area contributed by atoms with Gasteiger partial charge in [-0.05, 0) is 62.9 Å². The fraction of sp³-hybridized carbons (Fsp3) is 0.455. The van der Waals surface area contributed by atoms with Crippen LogP contribution in [0.25, 0.3) is 0 Å². The number of nitrogens with one attached hydrogen (secondary N) is 1. The summed E-state index contributed by atoms with van der Waals surface area (Å²) in [7, 11) is 0. The van der Waals surface area contributed by atoms with Crippen molar-refractivity contribution in [1.29, 1.82) is 0 Å². The number of ether oxygens (including phenoxy) is 2. The molecule has 0 bridgehead atoms. The lowest BCUT2D eigenvalue weighted by Crippen LogP contribution is -2.27. The third-order valence-corrected chi connectivity index (χ3v) is 4.75. The molecule has 3 rings (SSSR count). The maximum Gasteiger partial charge on any atom is 0.269 e. The van der Waals surface area contributed by atoms with Crippen molar-refractivity contribution in [2.24, 2.45) is 0 Å². The van der Waals surface area contributed by atoms with E-state index in [-0.39, 0.29) is 5.91 Å². The minimum Gasteiger partial charge on any atom is -0.490 e. The molecule has 0 unspecified atom stereocenters.